The second kappa shape index (κ2) is 4.70. The topological polar surface area (TPSA) is 98.0 Å². The highest BCUT2D eigenvalue weighted by Crippen LogP contribution is 2.17. The zero-order valence-corrected chi connectivity index (χ0v) is 8.65. The van der Waals surface area contributed by atoms with Crippen molar-refractivity contribution >= 4 is 29.6 Å². The monoisotopic (exact) mass is 228 g/mol. The van der Waals surface area contributed by atoms with E-state index < -0.39 is 11.9 Å². The number of amides is 1. The number of hydrogen-bond acceptors (Lipinski definition) is 5. The summed E-state index contributed by atoms with van der Waals surface area (Å²) in [4.78, 5) is 28.9. The molecule has 0 aliphatic heterocycles. The Morgan fingerprint density at radius 1 is 1.67 bits per heavy atom. The van der Waals surface area contributed by atoms with Gasteiger partial charge in [0.05, 0.1) is 5.56 Å². The third-order valence-electron chi connectivity index (χ3n) is 1.73. The van der Waals surface area contributed by atoms with Gasteiger partial charge in [-0.05, 0) is 6.92 Å². The standard InChI is InChI=1S/C8H9ClN4O2/c1-4(7(10)15)13-8-5(2-14)6(9)11-3-12-8/h2-4H,1H3,(H2,10,15)(H,11,12,13). The number of aromatic nitrogens is 2. The first kappa shape index (κ1) is 11.4. The number of carbonyl (C=O) groups is 2. The number of nitrogens with two attached hydrogens (primary N) is 1. The van der Waals surface area contributed by atoms with Crippen LogP contribution in [-0.2, 0) is 4.79 Å². The van der Waals surface area contributed by atoms with E-state index in [9.17, 15) is 9.59 Å². The molecule has 0 saturated heterocycles. The third kappa shape index (κ3) is 2.63. The molecule has 1 atom stereocenters. The zero-order chi connectivity index (χ0) is 11.4. The summed E-state index contributed by atoms with van der Waals surface area (Å²) in [5.74, 6) is -0.363. The predicted molar refractivity (Wildman–Crippen MR) is 54.7 cm³/mol. The van der Waals surface area contributed by atoms with Crippen molar-refractivity contribution < 1.29 is 9.59 Å². The van der Waals surface area contributed by atoms with E-state index in [0.29, 0.717) is 6.29 Å². The van der Waals surface area contributed by atoms with Crippen LogP contribution >= 0.6 is 11.6 Å². The Morgan fingerprint density at radius 3 is 2.87 bits per heavy atom. The number of rotatable bonds is 4. The molecule has 0 fully saturated rings. The molecule has 0 bridgehead atoms. The third-order valence-corrected chi connectivity index (χ3v) is 2.03. The average Bonchev–Trinajstić information content (AvgIpc) is 2.18. The van der Waals surface area contributed by atoms with E-state index in [0.717, 1.165) is 0 Å². The highest BCUT2D eigenvalue weighted by molar-refractivity contribution is 6.32. The first-order valence-electron chi connectivity index (χ1n) is 4.07. The van der Waals surface area contributed by atoms with Gasteiger partial charge < -0.3 is 11.1 Å². The van der Waals surface area contributed by atoms with Crippen LogP contribution in [0, 0.1) is 0 Å². The zero-order valence-electron chi connectivity index (χ0n) is 7.90. The van der Waals surface area contributed by atoms with Crippen LogP contribution in [0.25, 0.3) is 0 Å². The van der Waals surface area contributed by atoms with Gasteiger partial charge in [-0.2, -0.15) is 0 Å². The number of nitrogens with one attached hydrogen (secondary N) is 1. The Kier molecular flexibility index (Phi) is 3.56. The summed E-state index contributed by atoms with van der Waals surface area (Å²) in [7, 11) is 0. The molecule has 0 aromatic carbocycles. The quantitative estimate of drug-likeness (QED) is 0.568. The van der Waals surface area contributed by atoms with Crippen LogP contribution in [-0.4, -0.2) is 28.2 Å². The van der Waals surface area contributed by atoms with Gasteiger partial charge in [0.1, 0.15) is 23.3 Å². The highest BCUT2D eigenvalue weighted by Gasteiger charge is 2.14. The van der Waals surface area contributed by atoms with Gasteiger partial charge in [-0.25, -0.2) is 9.97 Å². The molecule has 15 heavy (non-hydrogen) atoms. The van der Waals surface area contributed by atoms with E-state index in [-0.39, 0.29) is 16.5 Å². The molecule has 0 aliphatic carbocycles. The SMILES string of the molecule is CC(Nc1ncnc(Cl)c1C=O)C(N)=O. The van der Waals surface area contributed by atoms with E-state index in [2.05, 4.69) is 15.3 Å². The second-order valence-electron chi connectivity index (χ2n) is 2.81. The van der Waals surface area contributed by atoms with Crippen molar-refractivity contribution in [2.45, 2.75) is 13.0 Å². The van der Waals surface area contributed by atoms with Crippen LogP contribution in [0.1, 0.15) is 17.3 Å². The lowest BCUT2D eigenvalue weighted by Crippen LogP contribution is -2.33. The molecule has 6 nitrogen and oxygen atoms in total. The van der Waals surface area contributed by atoms with Gasteiger partial charge in [-0.3, -0.25) is 9.59 Å². The summed E-state index contributed by atoms with van der Waals surface area (Å²) < 4.78 is 0. The minimum atomic E-state index is -0.644. The lowest BCUT2D eigenvalue weighted by atomic mass is 10.3. The molecule has 0 radical (unpaired) electrons. The Labute approximate surface area is 90.8 Å². The number of halogens is 1. The molecule has 7 heteroatoms. The van der Waals surface area contributed by atoms with E-state index in [1.807, 2.05) is 0 Å². The normalized spacial score (nSPS) is 11.9. The highest BCUT2D eigenvalue weighted by atomic mass is 35.5. The van der Waals surface area contributed by atoms with Gasteiger partial charge in [0.15, 0.2) is 6.29 Å². The maximum atomic E-state index is 10.8. The van der Waals surface area contributed by atoms with Gasteiger partial charge in [0, 0.05) is 0 Å². The van der Waals surface area contributed by atoms with E-state index in [4.69, 9.17) is 17.3 Å². The summed E-state index contributed by atoms with van der Waals surface area (Å²) in [5.41, 5.74) is 5.15. The molecule has 0 aliphatic rings. The number of primary amides is 1. The van der Waals surface area contributed by atoms with E-state index in [1.165, 1.54) is 6.33 Å². The van der Waals surface area contributed by atoms with Crippen molar-refractivity contribution in [3.05, 3.63) is 17.0 Å². The molecule has 1 aromatic rings. The van der Waals surface area contributed by atoms with Gasteiger partial charge >= 0.3 is 0 Å². The predicted octanol–water partition coefficient (Wildman–Crippen LogP) is 0.228. The molecule has 0 spiro atoms. The minimum absolute atomic E-state index is 0.0270. The fourth-order valence-corrected chi connectivity index (χ4v) is 1.05. The van der Waals surface area contributed by atoms with Crippen LogP contribution in [0.15, 0.2) is 6.33 Å². The second-order valence-corrected chi connectivity index (χ2v) is 3.17. The molecule has 80 valence electrons. The van der Waals surface area contributed by atoms with E-state index in [1.54, 1.807) is 6.92 Å². The molecule has 1 amide bonds. The molecular weight excluding hydrogens is 220 g/mol. The number of hydrogen-bond donors (Lipinski definition) is 2. The molecule has 1 aromatic heterocycles. The number of nitrogens with zero attached hydrogens (tertiary/aromatic N) is 2. The Bertz CT molecular complexity index is 396. The number of anilines is 1. The Hall–Kier alpha value is -1.69. The van der Waals surface area contributed by atoms with Crippen molar-refractivity contribution in [2.24, 2.45) is 5.73 Å². The summed E-state index contributed by atoms with van der Waals surface area (Å²) in [6.45, 7) is 1.55. The minimum Gasteiger partial charge on any atom is -0.368 e. The maximum Gasteiger partial charge on any atom is 0.239 e. The Morgan fingerprint density at radius 2 is 2.33 bits per heavy atom. The summed E-state index contributed by atoms with van der Waals surface area (Å²) in [6.07, 6.45) is 1.70. The average molecular weight is 229 g/mol. The first-order valence-corrected chi connectivity index (χ1v) is 4.45. The fourth-order valence-electron chi connectivity index (χ4n) is 0.870. The van der Waals surface area contributed by atoms with Gasteiger partial charge in [-0.15, -0.1) is 0 Å². The largest absolute Gasteiger partial charge is 0.368 e. The number of carbonyl (C=O) groups excluding carboxylic acids is 2. The first-order chi connectivity index (χ1) is 7.06. The van der Waals surface area contributed by atoms with Gasteiger partial charge in [0.2, 0.25) is 5.91 Å². The van der Waals surface area contributed by atoms with Crippen molar-refractivity contribution in [1.82, 2.24) is 9.97 Å². The molecular formula is C8H9ClN4O2. The summed E-state index contributed by atoms with van der Waals surface area (Å²) in [5, 5.41) is 2.69. The fraction of sp³-hybridized carbons (Fsp3) is 0.250. The van der Waals surface area contributed by atoms with Crippen LogP contribution in [0.5, 0.6) is 0 Å². The van der Waals surface area contributed by atoms with Gasteiger partial charge in [0.25, 0.3) is 0 Å². The van der Waals surface area contributed by atoms with Gasteiger partial charge in [-0.1, -0.05) is 11.6 Å². The van der Waals surface area contributed by atoms with Crippen molar-refractivity contribution in [3.63, 3.8) is 0 Å². The lowest BCUT2D eigenvalue weighted by molar-refractivity contribution is -0.118. The molecule has 0 saturated carbocycles. The van der Waals surface area contributed by atoms with Crippen LogP contribution < -0.4 is 11.1 Å². The summed E-state index contributed by atoms with van der Waals surface area (Å²) in [6, 6.07) is -0.644. The van der Waals surface area contributed by atoms with Crippen molar-refractivity contribution in [2.75, 3.05) is 5.32 Å². The van der Waals surface area contributed by atoms with Crippen molar-refractivity contribution in [3.8, 4) is 0 Å². The molecule has 1 heterocycles. The van der Waals surface area contributed by atoms with E-state index >= 15 is 0 Å². The number of aldehydes is 1. The van der Waals surface area contributed by atoms with Crippen molar-refractivity contribution in [1.29, 1.82) is 0 Å². The molecule has 3 N–H and O–H groups in total. The van der Waals surface area contributed by atoms with Crippen LogP contribution in [0.2, 0.25) is 5.15 Å². The lowest BCUT2D eigenvalue weighted by Gasteiger charge is -2.12. The Balaban J connectivity index is 2.99. The summed E-state index contributed by atoms with van der Waals surface area (Å²) >= 11 is 5.65. The smallest absolute Gasteiger partial charge is 0.239 e. The van der Waals surface area contributed by atoms with Crippen LogP contribution in [0.4, 0.5) is 5.82 Å². The molecule has 1 rings (SSSR count). The maximum absolute atomic E-state index is 10.8. The van der Waals surface area contributed by atoms with Crippen LogP contribution in [0.3, 0.4) is 0 Å². The molecule has 1 unspecified atom stereocenters.